The first-order valence-corrected chi connectivity index (χ1v) is 17.4. The maximum absolute atomic E-state index is 14.0. The third-order valence-corrected chi connectivity index (χ3v) is 9.26. The molecule has 1 fully saturated rings. The van der Waals surface area contributed by atoms with Gasteiger partial charge in [-0.1, -0.05) is 25.7 Å². The highest BCUT2D eigenvalue weighted by molar-refractivity contribution is 6.76. The van der Waals surface area contributed by atoms with E-state index in [1.54, 1.807) is 4.90 Å². The molecule has 3 heterocycles. The summed E-state index contributed by atoms with van der Waals surface area (Å²) in [5, 5.41) is 10.5. The van der Waals surface area contributed by atoms with Crippen molar-refractivity contribution >= 4 is 25.6 Å². The van der Waals surface area contributed by atoms with Crippen molar-refractivity contribution in [3.05, 3.63) is 47.0 Å². The minimum absolute atomic E-state index is 0.000720. The summed E-state index contributed by atoms with van der Waals surface area (Å²) in [6, 6.07) is 9.02. The molecule has 3 aliphatic heterocycles. The van der Waals surface area contributed by atoms with E-state index in [0.29, 0.717) is 36.6 Å². The number of benzene rings is 2. The number of hydrogen-bond acceptors (Lipinski definition) is 7. The van der Waals surface area contributed by atoms with E-state index in [1.807, 2.05) is 18.2 Å². The lowest BCUT2D eigenvalue weighted by atomic mass is 9.93. The lowest BCUT2D eigenvalue weighted by molar-refractivity contribution is -0.124. The van der Waals surface area contributed by atoms with Crippen LogP contribution in [-0.4, -0.2) is 69.3 Å². The van der Waals surface area contributed by atoms with Crippen LogP contribution in [0.3, 0.4) is 0 Å². The van der Waals surface area contributed by atoms with E-state index in [1.165, 1.54) is 24.1 Å². The fraction of sp³-hybridized carbons (Fsp3) is 0.517. The normalized spacial score (nSPS) is 21.1. The van der Waals surface area contributed by atoms with Crippen LogP contribution >= 0.6 is 0 Å². The standard InChI is InChI=1S/C29H38N2O7Si/c1-35-26-15-22-23(16-25(26)32)31(18-36-11-12-39(2,3)4)29(34)24-14-19-8-9-21(38-27-7-5-6-10-37-27)13-20(19)17-30(24)28(22)33/h8-9,13,15-16,24,27,32H,5-7,10-12,14,17-18H2,1-4H3/t24-,27?/m0/s1. The van der Waals surface area contributed by atoms with Crippen molar-refractivity contribution in [2.24, 2.45) is 0 Å². The molecule has 2 aromatic rings. The number of carbonyl (C=O) groups excluding carboxylic acids is 2. The van der Waals surface area contributed by atoms with Gasteiger partial charge in [0.15, 0.2) is 17.8 Å². The quantitative estimate of drug-likeness (QED) is 0.378. The van der Waals surface area contributed by atoms with Gasteiger partial charge in [0.2, 0.25) is 0 Å². The van der Waals surface area contributed by atoms with Crippen molar-refractivity contribution in [3.63, 3.8) is 0 Å². The van der Waals surface area contributed by atoms with Crippen molar-refractivity contribution in [2.75, 3.05) is 32.0 Å². The first-order valence-electron chi connectivity index (χ1n) is 13.7. The van der Waals surface area contributed by atoms with Crippen molar-refractivity contribution in [1.29, 1.82) is 0 Å². The van der Waals surface area contributed by atoms with E-state index in [9.17, 15) is 14.7 Å². The molecule has 10 heteroatoms. The van der Waals surface area contributed by atoms with Gasteiger partial charge in [-0.3, -0.25) is 14.5 Å². The number of phenols is 1. The number of methoxy groups -OCH3 is 1. The second-order valence-corrected chi connectivity index (χ2v) is 17.3. The highest BCUT2D eigenvalue weighted by Gasteiger charge is 2.43. The lowest BCUT2D eigenvalue weighted by Gasteiger charge is -2.36. The third-order valence-electron chi connectivity index (χ3n) is 7.56. The van der Waals surface area contributed by atoms with Crippen LogP contribution in [0.15, 0.2) is 30.3 Å². The van der Waals surface area contributed by atoms with E-state index >= 15 is 0 Å². The van der Waals surface area contributed by atoms with Crippen LogP contribution in [0.5, 0.6) is 17.2 Å². The molecule has 0 saturated carbocycles. The minimum atomic E-state index is -1.33. The van der Waals surface area contributed by atoms with Crippen LogP contribution in [0.2, 0.25) is 25.7 Å². The van der Waals surface area contributed by atoms with E-state index in [-0.39, 0.29) is 42.9 Å². The van der Waals surface area contributed by atoms with Crippen LogP contribution < -0.4 is 14.4 Å². The number of hydrogen-bond donors (Lipinski definition) is 1. The maximum Gasteiger partial charge on any atom is 0.257 e. The zero-order valence-corrected chi connectivity index (χ0v) is 24.2. The number of amides is 2. The number of ether oxygens (including phenoxy) is 4. The van der Waals surface area contributed by atoms with E-state index < -0.39 is 14.1 Å². The Labute approximate surface area is 230 Å². The SMILES string of the molecule is COc1cc2c(cc1O)N(COCC[Si](C)(C)C)C(=O)[C@@H]1Cc3ccc(OC4CCCCO4)cc3CN1C2=O. The van der Waals surface area contributed by atoms with Crippen LogP contribution in [-0.2, 0) is 27.2 Å². The second kappa shape index (κ2) is 11.2. The van der Waals surface area contributed by atoms with Gasteiger partial charge in [0.1, 0.15) is 18.5 Å². The molecule has 1 N–H and O–H groups in total. The summed E-state index contributed by atoms with van der Waals surface area (Å²) < 4.78 is 23.1. The van der Waals surface area contributed by atoms with Crippen molar-refractivity contribution in [2.45, 2.75) is 70.2 Å². The van der Waals surface area contributed by atoms with Gasteiger partial charge in [0.25, 0.3) is 11.8 Å². The van der Waals surface area contributed by atoms with Crippen LogP contribution in [0.1, 0.15) is 40.7 Å². The van der Waals surface area contributed by atoms with Gasteiger partial charge in [0, 0.05) is 40.1 Å². The Morgan fingerprint density at radius 3 is 2.64 bits per heavy atom. The summed E-state index contributed by atoms with van der Waals surface area (Å²) >= 11 is 0. The van der Waals surface area contributed by atoms with Gasteiger partial charge < -0.3 is 29.0 Å². The summed E-state index contributed by atoms with van der Waals surface area (Å²) in [5.74, 6) is 0.198. The summed E-state index contributed by atoms with van der Waals surface area (Å²) in [4.78, 5) is 31.0. The molecule has 0 radical (unpaired) electrons. The van der Waals surface area contributed by atoms with Crippen LogP contribution in [0.4, 0.5) is 5.69 Å². The van der Waals surface area contributed by atoms with E-state index in [4.69, 9.17) is 18.9 Å². The third kappa shape index (κ3) is 5.92. The molecular formula is C29H38N2O7Si. The minimum Gasteiger partial charge on any atom is -0.504 e. The molecule has 3 aliphatic rings. The number of aromatic hydroxyl groups is 1. The number of carbonyl (C=O) groups is 2. The summed E-state index contributed by atoms with van der Waals surface area (Å²) in [7, 11) is 0.106. The van der Waals surface area contributed by atoms with Gasteiger partial charge in [-0.25, -0.2) is 0 Å². The predicted octanol–water partition coefficient (Wildman–Crippen LogP) is 4.53. The topological polar surface area (TPSA) is 97.8 Å². The average molecular weight is 555 g/mol. The Morgan fingerprint density at radius 1 is 1.10 bits per heavy atom. The van der Waals surface area contributed by atoms with Gasteiger partial charge in [-0.2, -0.15) is 0 Å². The zero-order valence-electron chi connectivity index (χ0n) is 23.2. The molecule has 1 saturated heterocycles. The fourth-order valence-corrected chi connectivity index (χ4v) is 6.02. The van der Waals surface area contributed by atoms with Crippen molar-refractivity contribution < 1.29 is 33.6 Å². The summed E-state index contributed by atoms with van der Waals surface area (Å²) in [6.07, 6.45) is 3.07. The van der Waals surface area contributed by atoms with E-state index in [0.717, 1.165) is 36.4 Å². The number of phenolic OH excluding ortho intramolecular Hbond substituents is 1. The lowest BCUT2D eigenvalue weighted by Crippen LogP contribution is -2.52. The number of nitrogens with zero attached hydrogens (tertiary/aromatic N) is 2. The molecule has 1 unspecified atom stereocenters. The Balaban J connectivity index is 1.45. The number of fused-ring (bicyclic) bond motifs is 3. The van der Waals surface area contributed by atoms with Gasteiger partial charge in [-0.05, 0) is 48.2 Å². The average Bonchev–Trinajstić information content (AvgIpc) is 2.98. The van der Waals surface area contributed by atoms with Gasteiger partial charge in [-0.15, -0.1) is 0 Å². The van der Waals surface area contributed by atoms with E-state index in [2.05, 4.69) is 19.6 Å². The Morgan fingerprint density at radius 2 is 1.92 bits per heavy atom. The largest absolute Gasteiger partial charge is 0.504 e. The molecule has 0 spiro atoms. The van der Waals surface area contributed by atoms with Gasteiger partial charge in [0.05, 0.1) is 25.0 Å². The summed E-state index contributed by atoms with van der Waals surface area (Å²) in [6.45, 7) is 8.28. The molecule has 39 heavy (non-hydrogen) atoms. The van der Waals surface area contributed by atoms with Gasteiger partial charge >= 0.3 is 0 Å². The molecule has 210 valence electrons. The molecule has 2 aromatic carbocycles. The van der Waals surface area contributed by atoms with Crippen LogP contribution in [0.25, 0.3) is 0 Å². The molecule has 0 bridgehead atoms. The number of rotatable bonds is 8. The van der Waals surface area contributed by atoms with Crippen molar-refractivity contribution in [1.82, 2.24) is 4.90 Å². The maximum atomic E-state index is 14.0. The molecule has 2 atom stereocenters. The summed E-state index contributed by atoms with van der Waals surface area (Å²) in [5.41, 5.74) is 2.56. The van der Waals surface area contributed by atoms with Crippen molar-refractivity contribution in [3.8, 4) is 17.2 Å². The van der Waals surface area contributed by atoms with Crippen LogP contribution in [0, 0.1) is 0 Å². The monoisotopic (exact) mass is 554 g/mol. The fourth-order valence-electron chi connectivity index (χ4n) is 5.26. The molecule has 0 aromatic heterocycles. The smallest absolute Gasteiger partial charge is 0.257 e. The predicted molar refractivity (Wildman–Crippen MR) is 149 cm³/mol. The highest BCUT2D eigenvalue weighted by atomic mass is 28.3. The Bertz CT molecular complexity index is 1240. The molecule has 9 nitrogen and oxygen atoms in total. The molecule has 5 rings (SSSR count). The second-order valence-electron chi connectivity index (χ2n) is 11.7. The highest BCUT2D eigenvalue weighted by Crippen LogP contribution is 2.40. The Kier molecular flexibility index (Phi) is 7.88. The molecule has 2 amide bonds. The first kappa shape index (κ1) is 27.5. The zero-order chi connectivity index (χ0) is 27.7. The first-order chi connectivity index (χ1) is 18.6. The molecule has 0 aliphatic carbocycles. The Hall–Kier alpha value is -3.08. The number of anilines is 1. The molecular weight excluding hydrogens is 516 g/mol.